The number of carbonyl (C=O) groups excluding carboxylic acids is 1. The van der Waals surface area contributed by atoms with Crippen molar-refractivity contribution in [2.75, 3.05) is 25.5 Å². The fraction of sp³-hybridized carbons (Fsp3) is 0.333. The third-order valence-corrected chi connectivity index (χ3v) is 5.94. The molecule has 0 atom stereocenters. The predicted octanol–water partition coefficient (Wildman–Crippen LogP) is 3.93. The summed E-state index contributed by atoms with van der Waals surface area (Å²) in [6.07, 6.45) is 4.68. The number of benzene rings is 1. The minimum atomic E-state index is 0.501. The van der Waals surface area contributed by atoms with Crippen LogP contribution in [0.5, 0.6) is 0 Å². The van der Waals surface area contributed by atoms with Gasteiger partial charge in [0.1, 0.15) is 0 Å². The molecule has 1 aliphatic heterocycles. The maximum Gasteiger partial charge on any atom is 0.211 e. The maximum absolute atomic E-state index is 10.8. The second kappa shape index (κ2) is 6.37. The van der Waals surface area contributed by atoms with Gasteiger partial charge in [-0.1, -0.05) is 5.16 Å². The predicted molar refractivity (Wildman–Crippen MR) is 96.5 cm³/mol. The van der Waals surface area contributed by atoms with E-state index in [1.165, 1.54) is 20.5 Å². The van der Waals surface area contributed by atoms with E-state index in [-0.39, 0.29) is 0 Å². The molecule has 3 aromatic rings. The number of aromatic nitrogens is 1. The number of rotatable bonds is 4. The van der Waals surface area contributed by atoms with Gasteiger partial charge in [0.25, 0.3) is 0 Å². The molecule has 124 valence electrons. The highest BCUT2D eigenvalue weighted by Crippen LogP contribution is 2.46. The summed E-state index contributed by atoms with van der Waals surface area (Å²) >= 11 is 1.74. The van der Waals surface area contributed by atoms with E-state index in [2.05, 4.69) is 34.6 Å². The second-order valence-corrected chi connectivity index (χ2v) is 7.32. The molecule has 1 amide bonds. The lowest BCUT2D eigenvalue weighted by molar-refractivity contribution is -0.105. The van der Waals surface area contributed by atoms with Crippen molar-refractivity contribution in [2.24, 2.45) is 0 Å². The average Bonchev–Trinajstić information content (AvgIpc) is 3.23. The molecular formula is C18H19N3O2S. The van der Waals surface area contributed by atoms with E-state index in [1.54, 1.807) is 17.5 Å². The number of thiophene rings is 1. The molecule has 0 bridgehead atoms. The van der Waals surface area contributed by atoms with Crippen molar-refractivity contribution >= 4 is 33.5 Å². The van der Waals surface area contributed by atoms with Crippen molar-refractivity contribution in [2.45, 2.75) is 18.8 Å². The molecule has 1 saturated heterocycles. The van der Waals surface area contributed by atoms with E-state index in [9.17, 15) is 4.79 Å². The zero-order valence-electron chi connectivity index (χ0n) is 13.5. The van der Waals surface area contributed by atoms with Crippen LogP contribution in [0.1, 0.15) is 24.3 Å². The molecule has 0 radical (unpaired) electrons. The van der Waals surface area contributed by atoms with Gasteiger partial charge in [0.2, 0.25) is 6.41 Å². The molecule has 1 aromatic carbocycles. The van der Waals surface area contributed by atoms with Gasteiger partial charge in [-0.2, -0.15) is 0 Å². The van der Waals surface area contributed by atoms with Gasteiger partial charge >= 0.3 is 0 Å². The molecule has 1 fully saturated rings. The molecule has 0 spiro atoms. The largest absolute Gasteiger partial charge is 0.355 e. The Hall–Kier alpha value is -2.18. The molecular weight excluding hydrogens is 322 g/mol. The van der Waals surface area contributed by atoms with E-state index in [1.807, 2.05) is 12.1 Å². The Balaban J connectivity index is 1.87. The monoisotopic (exact) mass is 341 g/mol. The van der Waals surface area contributed by atoms with E-state index in [0.29, 0.717) is 5.92 Å². The van der Waals surface area contributed by atoms with Crippen LogP contribution in [0.4, 0.5) is 5.69 Å². The Labute approximate surface area is 144 Å². The zero-order valence-corrected chi connectivity index (χ0v) is 14.3. The fourth-order valence-electron chi connectivity index (χ4n) is 3.49. The molecule has 0 saturated carbocycles. The van der Waals surface area contributed by atoms with Gasteiger partial charge in [0.05, 0.1) is 11.1 Å². The highest BCUT2D eigenvalue weighted by molar-refractivity contribution is 7.22. The number of hydrogen-bond donors (Lipinski definition) is 1. The molecule has 6 heteroatoms. The summed E-state index contributed by atoms with van der Waals surface area (Å²) in [6, 6.07) is 8.02. The van der Waals surface area contributed by atoms with Crippen LogP contribution < -0.4 is 5.32 Å². The highest BCUT2D eigenvalue weighted by Gasteiger charge is 2.26. The first-order valence-corrected chi connectivity index (χ1v) is 8.94. The van der Waals surface area contributed by atoms with Crippen LogP contribution in [0.2, 0.25) is 0 Å². The Kier molecular flexibility index (Phi) is 4.08. The van der Waals surface area contributed by atoms with Crippen molar-refractivity contribution in [3.63, 3.8) is 0 Å². The minimum Gasteiger partial charge on any atom is -0.355 e. The molecule has 1 N–H and O–H groups in total. The third-order valence-electron chi connectivity index (χ3n) is 4.74. The summed E-state index contributed by atoms with van der Waals surface area (Å²) < 4.78 is 6.67. The smallest absolute Gasteiger partial charge is 0.211 e. The van der Waals surface area contributed by atoms with Gasteiger partial charge in [-0.05, 0) is 68.0 Å². The van der Waals surface area contributed by atoms with Gasteiger partial charge in [-0.3, -0.25) is 4.79 Å². The van der Waals surface area contributed by atoms with Gasteiger partial charge in [-0.15, -0.1) is 11.3 Å². The molecule has 24 heavy (non-hydrogen) atoms. The average molecular weight is 341 g/mol. The minimum absolute atomic E-state index is 0.501. The number of piperidine rings is 1. The SMILES string of the molecule is CN1CCC(c2c(-c3ccno3)sc3ccc(NC=O)cc23)CC1. The van der Waals surface area contributed by atoms with E-state index >= 15 is 0 Å². The topological polar surface area (TPSA) is 58.4 Å². The van der Waals surface area contributed by atoms with Crippen molar-refractivity contribution < 1.29 is 9.32 Å². The van der Waals surface area contributed by atoms with Crippen LogP contribution in [0.3, 0.4) is 0 Å². The van der Waals surface area contributed by atoms with Crippen LogP contribution in [0.15, 0.2) is 35.0 Å². The fourth-order valence-corrected chi connectivity index (χ4v) is 4.72. The van der Waals surface area contributed by atoms with Gasteiger partial charge in [0, 0.05) is 16.5 Å². The Morgan fingerprint density at radius 2 is 2.17 bits per heavy atom. The van der Waals surface area contributed by atoms with E-state index < -0.39 is 0 Å². The van der Waals surface area contributed by atoms with E-state index in [0.717, 1.165) is 43.8 Å². The number of fused-ring (bicyclic) bond motifs is 1. The van der Waals surface area contributed by atoms with Gasteiger partial charge in [0.15, 0.2) is 5.76 Å². The number of likely N-dealkylation sites (tertiary alicyclic amines) is 1. The summed E-state index contributed by atoms with van der Waals surface area (Å²) in [7, 11) is 2.17. The first-order chi connectivity index (χ1) is 11.8. The molecule has 0 unspecified atom stereocenters. The summed E-state index contributed by atoms with van der Waals surface area (Å²) in [5.74, 6) is 1.33. The Morgan fingerprint density at radius 3 is 2.88 bits per heavy atom. The molecule has 2 aromatic heterocycles. The number of anilines is 1. The lowest BCUT2D eigenvalue weighted by Gasteiger charge is -2.29. The van der Waals surface area contributed by atoms with Crippen LogP contribution in [-0.4, -0.2) is 36.6 Å². The van der Waals surface area contributed by atoms with Gasteiger partial charge in [-0.25, -0.2) is 0 Å². The second-order valence-electron chi connectivity index (χ2n) is 6.27. The Morgan fingerprint density at radius 1 is 1.33 bits per heavy atom. The number of nitrogens with one attached hydrogen (secondary N) is 1. The Bertz CT molecular complexity index is 849. The molecule has 5 nitrogen and oxygen atoms in total. The number of carbonyl (C=O) groups is 1. The van der Waals surface area contributed by atoms with Crippen molar-refractivity contribution in [3.05, 3.63) is 36.0 Å². The van der Waals surface area contributed by atoms with Crippen LogP contribution >= 0.6 is 11.3 Å². The van der Waals surface area contributed by atoms with Crippen LogP contribution in [-0.2, 0) is 4.79 Å². The quantitative estimate of drug-likeness (QED) is 0.731. The highest BCUT2D eigenvalue weighted by atomic mass is 32.1. The number of nitrogens with zero attached hydrogens (tertiary/aromatic N) is 2. The summed E-state index contributed by atoms with van der Waals surface area (Å²) in [5.41, 5.74) is 2.17. The van der Waals surface area contributed by atoms with Crippen molar-refractivity contribution in [1.82, 2.24) is 10.1 Å². The zero-order chi connectivity index (χ0) is 16.5. The van der Waals surface area contributed by atoms with Gasteiger partial charge < -0.3 is 14.7 Å². The third kappa shape index (κ3) is 2.72. The lowest BCUT2D eigenvalue weighted by atomic mass is 9.87. The van der Waals surface area contributed by atoms with E-state index in [4.69, 9.17) is 4.52 Å². The van der Waals surface area contributed by atoms with Crippen molar-refractivity contribution in [1.29, 1.82) is 0 Å². The van der Waals surface area contributed by atoms with Crippen molar-refractivity contribution in [3.8, 4) is 10.6 Å². The lowest BCUT2D eigenvalue weighted by Crippen LogP contribution is -2.29. The molecule has 1 aliphatic rings. The first-order valence-electron chi connectivity index (χ1n) is 8.12. The molecule has 0 aliphatic carbocycles. The van der Waals surface area contributed by atoms with Crippen LogP contribution in [0, 0.1) is 0 Å². The standard InChI is InChI=1S/C18H19N3O2S/c1-21-8-5-12(6-9-21)17-14-10-13(19-11-22)2-3-16(14)24-18(17)15-4-7-20-23-15/h2-4,7,10-12H,5-6,8-9H2,1H3,(H,19,22). The number of hydrogen-bond acceptors (Lipinski definition) is 5. The summed E-state index contributed by atoms with van der Waals surface area (Å²) in [4.78, 5) is 14.3. The molecule has 3 heterocycles. The summed E-state index contributed by atoms with van der Waals surface area (Å²) in [5, 5.41) is 7.86. The number of amides is 1. The summed E-state index contributed by atoms with van der Waals surface area (Å²) in [6.45, 7) is 2.20. The molecule has 4 rings (SSSR count). The first kappa shape index (κ1) is 15.4. The normalized spacial score (nSPS) is 16.5. The maximum atomic E-state index is 10.8. The van der Waals surface area contributed by atoms with Crippen LogP contribution in [0.25, 0.3) is 20.7 Å².